The Morgan fingerprint density at radius 1 is 0.939 bits per heavy atom. The van der Waals surface area contributed by atoms with Crippen LogP contribution in [0.5, 0.6) is 11.5 Å². The van der Waals surface area contributed by atoms with Crippen molar-refractivity contribution < 1.29 is 28.7 Å². The van der Waals surface area contributed by atoms with Crippen molar-refractivity contribution in [3.8, 4) is 11.5 Å². The Labute approximate surface area is 194 Å². The standard InChI is InChI=1S/C25H31NO7/c1-4-7-15-32-23-17-20(18-24(30-5-2)25(27)31-6-3)10-13-22(23)33-16-14-19-8-11-21(12-9-19)26(28)29/h8-13,17-18H,4-7,14-16H2,1-3H3/b24-18-. The van der Waals surface area contributed by atoms with E-state index in [0.717, 1.165) is 24.0 Å². The number of carbonyl (C=O) groups excluding carboxylic acids is 1. The molecule has 0 bridgehead atoms. The molecule has 8 heteroatoms. The van der Waals surface area contributed by atoms with E-state index in [4.69, 9.17) is 18.9 Å². The van der Waals surface area contributed by atoms with E-state index in [1.165, 1.54) is 12.1 Å². The van der Waals surface area contributed by atoms with Crippen LogP contribution in [-0.4, -0.2) is 37.3 Å². The highest BCUT2D eigenvalue weighted by atomic mass is 16.6. The van der Waals surface area contributed by atoms with Crippen molar-refractivity contribution >= 4 is 17.7 Å². The van der Waals surface area contributed by atoms with Gasteiger partial charge in [-0.15, -0.1) is 0 Å². The lowest BCUT2D eigenvalue weighted by Gasteiger charge is -2.14. The third kappa shape index (κ3) is 8.48. The smallest absolute Gasteiger partial charge is 0.373 e. The quantitative estimate of drug-likeness (QED) is 0.0944. The van der Waals surface area contributed by atoms with Crippen molar-refractivity contribution in [3.05, 3.63) is 69.5 Å². The highest BCUT2D eigenvalue weighted by Gasteiger charge is 2.13. The summed E-state index contributed by atoms with van der Waals surface area (Å²) in [4.78, 5) is 22.5. The fourth-order valence-electron chi connectivity index (χ4n) is 2.90. The molecule has 0 spiro atoms. The summed E-state index contributed by atoms with van der Waals surface area (Å²) in [6, 6.07) is 11.8. The minimum atomic E-state index is -0.517. The van der Waals surface area contributed by atoms with E-state index in [1.54, 1.807) is 44.2 Å². The summed E-state index contributed by atoms with van der Waals surface area (Å²) >= 11 is 0. The van der Waals surface area contributed by atoms with Gasteiger partial charge in [-0.05, 0) is 49.6 Å². The molecule has 8 nitrogen and oxygen atoms in total. The SMILES string of the molecule is CCCCOc1cc(/C=C(\OCC)C(=O)OCC)ccc1OCCc1ccc([N+](=O)[O-])cc1. The van der Waals surface area contributed by atoms with Crippen LogP contribution in [0.2, 0.25) is 0 Å². The van der Waals surface area contributed by atoms with Crippen LogP contribution in [0.25, 0.3) is 6.08 Å². The topological polar surface area (TPSA) is 97.1 Å². The normalized spacial score (nSPS) is 11.1. The third-order valence-corrected chi connectivity index (χ3v) is 4.59. The number of nitrogens with zero attached hydrogens (tertiary/aromatic N) is 1. The average Bonchev–Trinajstić information content (AvgIpc) is 2.80. The maximum atomic E-state index is 12.1. The molecule has 2 rings (SSSR count). The van der Waals surface area contributed by atoms with Crippen LogP contribution < -0.4 is 9.47 Å². The predicted molar refractivity (Wildman–Crippen MR) is 125 cm³/mol. The van der Waals surface area contributed by atoms with Gasteiger partial charge in [-0.25, -0.2) is 4.79 Å². The summed E-state index contributed by atoms with van der Waals surface area (Å²) < 4.78 is 22.4. The van der Waals surface area contributed by atoms with Crippen molar-refractivity contribution in [2.45, 2.75) is 40.0 Å². The summed E-state index contributed by atoms with van der Waals surface area (Å²) in [6.07, 6.45) is 4.10. The van der Waals surface area contributed by atoms with Gasteiger partial charge in [-0.3, -0.25) is 10.1 Å². The molecule has 178 valence electrons. The van der Waals surface area contributed by atoms with Crippen LogP contribution in [0.3, 0.4) is 0 Å². The minimum absolute atomic E-state index is 0.0594. The number of hydrogen-bond donors (Lipinski definition) is 0. The molecule has 0 aliphatic carbocycles. The number of unbranched alkanes of at least 4 members (excludes halogenated alkanes) is 1. The largest absolute Gasteiger partial charge is 0.490 e. The molecular weight excluding hydrogens is 426 g/mol. The number of ether oxygens (including phenoxy) is 4. The number of rotatable bonds is 14. The molecule has 0 fully saturated rings. The summed E-state index contributed by atoms with van der Waals surface area (Å²) in [7, 11) is 0. The number of carbonyl (C=O) groups is 1. The van der Waals surface area contributed by atoms with E-state index in [9.17, 15) is 14.9 Å². The Kier molecular flexibility index (Phi) is 10.7. The molecular formula is C25H31NO7. The van der Waals surface area contributed by atoms with Gasteiger partial charge in [0.1, 0.15) is 0 Å². The van der Waals surface area contributed by atoms with E-state index in [-0.39, 0.29) is 18.1 Å². The molecule has 0 atom stereocenters. The summed E-state index contributed by atoms with van der Waals surface area (Å²) in [5.74, 6) is 0.766. The molecule has 2 aromatic rings. The lowest BCUT2D eigenvalue weighted by atomic mass is 10.1. The van der Waals surface area contributed by atoms with Crippen LogP contribution in [0, 0.1) is 10.1 Å². The molecule has 0 aliphatic heterocycles. The first-order valence-electron chi connectivity index (χ1n) is 11.1. The molecule has 0 aliphatic rings. The predicted octanol–water partition coefficient (Wildman–Crippen LogP) is 5.34. The zero-order chi connectivity index (χ0) is 24.1. The lowest BCUT2D eigenvalue weighted by Crippen LogP contribution is -2.10. The van der Waals surface area contributed by atoms with Crippen LogP contribution in [-0.2, 0) is 20.7 Å². The number of nitro groups is 1. The molecule has 0 heterocycles. The van der Waals surface area contributed by atoms with Crippen molar-refractivity contribution in [2.24, 2.45) is 0 Å². The van der Waals surface area contributed by atoms with Crippen LogP contribution in [0.1, 0.15) is 44.7 Å². The van der Waals surface area contributed by atoms with E-state index in [0.29, 0.717) is 37.7 Å². The summed E-state index contributed by atoms with van der Waals surface area (Å²) in [6.45, 7) is 7.14. The van der Waals surface area contributed by atoms with E-state index in [1.807, 2.05) is 6.07 Å². The number of hydrogen-bond acceptors (Lipinski definition) is 7. The molecule has 0 N–H and O–H groups in total. The molecule has 0 saturated heterocycles. The number of benzene rings is 2. The highest BCUT2D eigenvalue weighted by molar-refractivity contribution is 5.91. The average molecular weight is 458 g/mol. The zero-order valence-corrected chi connectivity index (χ0v) is 19.4. The fraction of sp³-hybridized carbons (Fsp3) is 0.400. The van der Waals surface area contributed by atoms with Gasteiger partial charge in [0.05, 0.1) is 31.4 Å². The van der Waals surface area contributed by atoms with Gasteiger partial charge in [0, 0.05) is 18.6 Å². The highest BCUT2D eigenvalue weighted by Crippen LogP contribution is 2.30. The first kappa shape index (κ1) is 25.7. The Balaban J connectivity index is 2.14. The Morgan fingerprint density at radius 3 is 2.27 bits per heavy atom. The number of esters is 1. The second-order valence-corrected chi connectivity index (χ2v) is 7.09. The van der Waals surface area contributed by atoms with E-state index < -0.39 is 10.9 Å². The van der Waals surface area contributed by atoms with Gasteiger partial charge in [-0.1, -0.05) is 31.5 Å². The van der Waals surface area contributed by atoms with E-state index >= 15 is 0 Å². The van der Waals surface area contributed by atoms with Gasteiger partial charge in [-0.2, -0.15) is 0 Å². The van der Waals surface area contributed by atoms with Crippen LogP contribution in [0.4, 0.5) is 5.69 Å². The van der Waals surface area contributed by atoms with Crippen molar-refractivity contribution in [1.29, 1.82) is 0 Å². The molecule has 33 heavy (non-hydrogen) atoms. The molecule has 0 aromatic heterocycles. The van der Waals surface area contributed by atoms with Gasteiger partial charge in [0.15, 0.2) is 11.5 Å². The Bertz CT molecular complexity index is 938. The van der Waals surface area contributed by atoms with Crippen molar-refractivity contribution in [2.75, 3.05) is 26.4 Å². The first-order chi connectivity index (χ1) is 16.0. The van der Waals surface area contributed by atoms with E-state index in [2.05, 4.69) is 6.92 Å². The summed E-state index contributed by atoms with van der Waals surface area (Å²) in [5, 5.41) is 10.8. The van der Waals surface area contributed by atoms with Crippen LogP contribution >= 0.6 is 0 Å². The van der Waals surface area contributed by atoms with Gasteiger partial charge in [0.2, 0.25) is 5.76 Å². The monoisotopic (exact) mass is 457 g/mol. The molecule has 0 saturated carbocycles. The van der Waals surface area contributed by atoms with Gasteiger partial charge < -0.3 is 18.9 Å². The minimum Gasteiger partial charge on any atom is -0.490 e. The summed E-state index contributed by atoms with van der Waals surface area (Å²) in [5.41, 5.74) is 1.72. The second kappa shape index (κ2) is 13.8. The Hall–Kier alpha value is -3.55. The van der Waals surface area contributed by atoms with Gasteiger partial charge in [0.25, 0.3) is 5.69 Å². The van der Waals surface area contributed by atoms with Crippen molar-refractivity contribution in [1.82, 2.24) is 0 Å². The maximum Gasteiger partial charge on any atom is 0.373 e. The maximum absolute atomic E-state index is 12.1. The zero-order valence-electron chi connectivity index (χ0n) is 19.4. The number of non-ortho nitro benzene ring substituents is 1. The second-order valence-electron chi connectivity index (χ2n) is 7.09. The lowest BCUT2D eigenvalue weighted by molar-refractivity contribution is -0.384. The van der Waals surface area contributed by atoms with Crippen molar-refractivity contribution in [3.63, 3.8) is 0 Å². The third-order valence-electron chi connectivity index (χ3n) is 4.59. The molecule has 2 aromatic carbocycles. The molecule has 0 amide bonds. The molecule has 0 unspecified atom stereocenters. The van der Waals surface area contributed by atoms with Crippen LogP contribution in [0.15, 0.2) is 48.2 Å². The number of nitro benzene ring substituents is 1. The Morgan fingerprint density at radius 2 is 1.64 bits per heavy atom. The fourth-order valence-corrected chi connectivity index (χ4v) is 2.90. The first-order valence-corrected chi connectivity index (χ1v) is 11.1. The molecule has 0 radical (unpaired) electrons. The van der Waals surface area contributed by atoms with Gasteiger partial charge >= 0.3 is 5.97 Å².